The van der Waals surface area contributed by atoms with Gasteiger partial charge >= 0.3 is 0 Å². The lowest BCUT2D eigenvalue weighted by molar-refractivity contribution is -0.141. The molecule has 3 heterocycles. The van der Waals surface area contributed by atoms with Crippen LogP contribution in [0.5, 0.6) is 0 Å². The topological polar surface area (TPSA) is 54.3 Å². The molecule has 0 aromatic carbocycles. The van der Waals surface area contributed by atoms with Gasteiger partial charge in [-0.3, -0.25) is 9.69 Å². The molecule has 0 spiro atoms. The molecule has 1 aromatic rings. The predicted octanol–water partition coefficient (Wildman–Crippen LogP) is 1.70. The number of likely N-dealkylation sites (tertiary alicyclic amines) is 2. The van der Waals surface area contributed by atoms with Crippen LogP contribution in [0.15, 0.2) is 12.7 Å². The van der Waals surface area contributed by atoms with Gasteiger partial charge in [0.15, 0.2) is 0 Å². The first kappa shape index (κ1) is 15.5. The highest BCUT2D eigenvalue weighted by atomic mass is 16.2. The third-order valence-electron chi connectivity index (χ3n) is 5.01. The van der Waals surface area contributed by atoms with E-state index in [9.17, 15) is 4.79 Å². The smallest absolute Gasteiger partial charge is 0.240 e. The third-order valence-corrected chi connectivity index (χ3v) is 5.01. The Hall–Kier alpha value is -1.43. The minimum Gasteiger partial charge on any atom is -0.339 e. The highest BCUT2D eigenvalue weighted by Crippen LogP contribution is 2.25. The van der Waals surface area contributed by atoms with E-state index in [0.717, 1.165) is 38.9 Å². The van der Waals surface area contributed by atoms with Crippen molar-refractivity contribution < 1.29 is 4.79 Å². The first-order chi connectivity index (χ1) is 10.7. The summed E-state index contributed by atoms with van der Waals surface area (Å²) >= 11 is 0. The quantitative estimate of drug-likeness (QED) is 0.853. The summed E-state index contributed by atoms with van der Waals surface area (Å²) in [6.07, 6.45) is 8.84. The SMILES string of the molecule is CC(C)N1CCCC[C@@H]1C(=O)N1CCC[C@H](n2cncn2)C1. The monoisotopic (exact) mass is 305 g/mol. The Balaban J connectivity index is 1.68. The Morgan fingerprint density at radius 3 is 2.77 bits per heavy atom. The number of hydrogen-bond acceptors (Lipinski definition) is 4. The van der Waals surface area contributed by atoms with E-state index in [2.05, 4.69) is 33.7 Å². The van der Waals surface area contributed by atoms with Crippen LogP contribution in [0.25, 0.3) is 0 Å². The van der Waals surface area contributed by atoms with Crippen molar-refractivity contribution in [3.05, 3.63) is 12.7 Å². The molecule has 2 fully saturated rings. The van der Waals surface area contributed by atoms with Gasteiger partial charge in [-0.25, -0.2) is 9.67 Å². The second-order valence-corrected chi connectivity index (χ2v) is 6.80. The van der Waals surface area contributed by atoms with E-state index in [-0.39, 0.29) is 12.1 Å². The standard InChI is InChI=1S/C16H27N5O/c1-13(2)20-9-4-3-7-15(20)16(22)19-8-5-6-14(10-19)21-12-17-11-18-21/h11-15H,3-10H2,1-2H3/t14-,15+/m0/s1. The van der Waals surface area contributed by atoms with E-state index in [4.69, 9.17) is 0 Å². The van der Waals surface area contributed by atoms with E-state index in [1.54, 1.807) is 12.7 Å². The molecule has 0 unspecified atom stereocenters. The van der Waals surface area contributed by atoms with Gasteiger partial charge in [0, 0.05) is 19.1 Å². The number of aromatic nitrogens is 3. The van der Waals surface area contributed by atoms with Gasteiger partial charge in [-0.05, 0) is 46.1 Å². The highest BCUT2D eigenvalue weighted by Gasteiger charge is 2.35. The number of carbonyl (C=O) groups is 1. The van der Waals surface area contributed by atoms with Crippen molar-refractivity contribution in [3.63, 3.8) is 0 Å². The zero-order chi connectivity index (χ0) is 15.5. The molecular formula is C16H27N5O. The van der Waals surface area contributed by atoms with Crippen LogP contribution in [0.4, 0.5) is 0 Å². The van der Waals surface area contributed by atoms with Gasteiger partial charge in [-0.2, -0.15) is 5.10 Å². The summed E-state index contributed by atoms with van der Waals surface area (Å²) in [6, 6.07) is 0.782. The number of carbonyl (C=O) groups excluding carboxylic acids is 1. The number of hydrogen-bond donors (Lipinski definition) is 0. The molecule has 2 aliphatic heterocycles. The van der Waals surface area contributed by atoms with E-state index < -0.39 is 0 Å². The Morgan fingerprint density at radius 2 is 2.05 bits per heavy atom. The maximum absolute atomic E-state index is 13.0. The Bertz CT molecular complexity index is 487. The van der Waals surface area contributed by atoms with Gasteiger partial charge in [-0.15, -0.1) is 0 Å². The molecule has 0 saturated carbocycles. The van der Waals surface area contributed by atoms with Crippen LogP contribution in [0, 0.1) is 0 Å². The molecule has 3 rings (SSSR count). The molecule has 6 nitrogen and oxygen atoms in total. The van der Waals surface area contributed by atoms with Gasteiger partial charge < -0.3 is 4.90 Å². The number of rotatable bonds is 3. The third kappa shape index (κ3) is 3.16. The van der Waals surface area contributed by atoms with Crippen molar-refractivity contribution in [1.29, 1.82) is 0 Å². The average Bonchev–Trinajstić information content (AvgIpc) is 3.09. The molecule has 2 atom stereocenters. The normalized spacial score (nSPS) is 27.3. The fraction of sp³-hybridized carbons (Fsp3) is 0.812. The summed E-state index contributed by atoms with van der Waals surface area (Å²) in [6.45, 7) is 7.09. The number of amides is 1. The molecule has 2 saturated heterocycles. The second-order valence-electron chi connectivity index (χ2n) is 6.80. The number of nitrogens with zero attached hydrogens (tertiary/aromatic N) is 5. The van der Waals surface area contributed by atoms with Crippen LogP contribution in [-0.2, 0) is 4.79 Å². The van der Waals surface area contributed by atoms with E-state index in [1.807, 2.05) is 4.68 Å². The van der Waals surface area contributed by atoms with Crippen molar-refractivity contribution >= 4 is 5.91 Å². The Labute approximate surface area is 132 Å². The summed E-state index contributed by atoms with van der Waals surface area (Å²) in [7, 11) is 0. The van der Waals surface area contributed by atoms with Crippen molar-refractivity contribution in [2.75, 3.05) is 19.6 Å². The molecule has 122 valence electrons. The molecule has 1 aromatic heterocycles. The largest absolute Gasteiger partial charge is 0.339 e. The summed E-state index contributed by atoms with van der Waals surface area (Å²) < 4.78 is 1.90. The molecule has 6 heteroatoms. The van der Waals surface area contributed by atoms with Gasteiger partial charge in [-0.1, -0.05) is 6.42 Å². The van der Waals surface area contributed by atoms with Crippen molar-refractivity contribution in [2.24, 2.45) is 0 Å². The minimum atomic E-state index is 0.0725. The van der Waals surface area contributed by atoms with E-state index >= 15 is 0 Å². The fourth-order valence-electron chi connectivity index (χ4n) is 3.82. The van der Waals surface area contributed by atoms with Crippen LogP contribution in [0.2, 0.25) is 0 Å². The first-order valence-electron chi connectivity index (χ1n) is 8.55. The zero-order valence-electron chi connectivity index (χ0n) is 13.7. The maximum atomic E-state index is 13.0. The van der Waals surface area contributed by atoms with Crippen molar-refractivity contribution in [2.45, 2.75) is 64.1 Å². The minimum absolute atomic E-state index is 0.0725. The maximum Gasteiger partial charge on any atom is 0.240 e. The van der Waals surface area contributed by atoms with Crippen LogP contribution in [0.3, 0.4) is 0 Å². The fourth-order valence-corrected chi connectivity index (χ4v) is 3.82. The molecule has 2 aliphatic rings. The molecule has 22 heavy (non-hydrogen) atoms. The van der Waals surface area contributed by atoms with Crippen LogP contribution >= 0.6 is 0 Å². The van der Waals surface area contributed by atoms with Crippen molar-refractivity contribution in [3.8, 4) is 0 Å². The molecule has 1 amide bonds. The summed E-state index contributed by atoms with van der Waals surface area (Å²) in [5.41, 5.74) is 0. The van der Waals surface area contributed by atoms with Crippen LogP contribution in [0.1, 0.15) is 52.0 Å². The molecule has 0 aliphatic carbocycles. The predicted molar refractivity (Wildman–Crippen MR) is 84.4 cm³/mol. The number of piperidine rings is 2. The summed E-state index contributed by atoms with van der Waals surface area (Å²) in [5.74, 6) is 0.318. The summed E-state index contributed by atoms with van der Waals surface area (Å²) in [4.78, 5) is 21.5. The highest BCUT2D eigenvalue weighted by molar-refractivity contribution is 5.82. The van der Waals surface area contributed by atoms with Crippen molar-refractivity contribution in [1.82, 2.24) is 24.6 Å². The Kier molecular flexibility index (Phi) is 4.76. The Morgan fingerprint density at radius 1 is 1.18 bits per heavy atom. The molecular weight excluding hydrogens is 278 g/mol. The lowest BCUT2D eigenvalue weighted by Gasteiger charge is -2.42. The molecule has 0 radical (unpaired) electrons. The zero-order valence-corrected chi connectivity index (χ0v) is 13.7. The van der Waals surface area contributed by atoms with Crippen LogP contribution in [-0.4, -0.2) is 62.2 Å². The van der Waals surface area contributed by atoms with Gasteiger partial charge in [0.2, 0.25) is 5.91 Å². The van der Waals surface area contributed by atoms with Gasteiger partial charge in [0.05, 0.1) is 12.1 Å². The van der Waals surface area contributed by atoms with E-state index in [0.29, 0.717) is 11.9 Å². The van der Waals surface area contributed by atoms with E-state index in [1.165, 1.54) is 12.8 Å². The second kappa shape index (κ2) is 6.77. The lowest BCUT2D eigenvalue weighted by atomic mass is 9.97. The van der Waals surface area contributed by atoms with Gasteiger partial charge in [0.1, 0.15) is 12.7 Å². The molecule has 0 N–H and O–H groups in total. The molecule has 0 bridgehead atoms. The first-order valence-corrected chi connectivity index (χ1v) is 8.55. The van der Waals surface area contributed by atoms with Crippen LogP contribution < -0.4 is 0 Å². The summed E-state index contributed by atoms with van der Waals surface area (Å²) in [5, 5.41) is 4.25. The average molecular weight is 305 g/mol. The lowest BCUT2D eigenvalue weighted by Crippen LogP contribution is -2.55. The van der Waals surface area contributed by atoms with Gasteiger partial charge in [0.25, 0.3) is 0 Å².